The van der Waals surface area contributed by atoms with Crippen LogP contribution in [0.3, 0.4) is 0 Å². The van der Waals surface area contributed by atoms with E-state index < -0.39 is 18.0 Å². The van der Waals surface area contributed by atoms with E-state index in [9.17, 15) is 9.59 Å². The highest BCUT2D eigenvalue weighted by Crippen LogP contribution is 2.00. The minimum atomic E-state index is -0.548. The first-order valence-corrected chi connectivity index (χ1v) is 4.46. The lowest BCUT2D eigenvalue weighted by Crippen LogP contribution is -2.17. The Morgan fingerprint density at radius 2 is 2.07 bits per heavy atom. The highest BCUT2D eigenvalue weighted by atomic mass is 16.6. The molecule has 0 fully saturated rings. The van der Waals surface area contributed by atoms with E-state index in [0.717, 1.165) is 6.08 Å². The highest BCUT2D eigenvalue weighted by molar-refractivity contribution is 5.86. The maximum Gasteiger partial charge on any atom is 0.333 e. The Labute approximate surface area is 89.6 Å². The van der Waals surface area contributed by atoms with Gasteiger partial charge in [0, 0.05) is 18.1 Å². The summed E-state index contributed by atoms with van der Waals surface area (Å²) in [5, 5.41) is 0. The van der Waals surface area contributed by atoms with E-state index in [1.807, 2.05) is 0 Å². The number of hydrogen-bond donors (Lipinski definition) is 0. The van der Waals surface area contributed by atoms with Gasteiger partial charge in [-0.3, -0.25) is 0 Å². The number of hydrogen-bond acceptors (Lipinski definition) is 4. The molecule has 0 saturated heterocycles. The molecule has 0 saturated carbocycles. The van der Waals surface area contributed by atoms with Crippen LogP contribution >= 0.6 is 0 Å². The van der Waals surface area contributed by atoms with Gasteiger partial charge in [0.25, 0.3) is 0 Å². The predicted octanol–water partition coefficient (Wildman–Crippen LogP) is 1.43. The van der Waals surface area contributed by atoms with Crippen molar-refractivity contribution < 1.29 is 19.1 Å². The normalized spacial score (nSPS) is 11.3. The van der Waals surface area contributed by atoms with E-state index in [1.165, 1.54) is 0 Å². The van der Waals surface area contributed by atoms with Crippen LogP contribution in [0.4, 0.5) is 0 Å². The first-order chi connectivity index (χ1) is 6.97. The van der Waals surface area contributed by atoms with Gasteiger partial charge in [-0.1, -0.05) is 13.2 Å². The molecule has 0 rings (SSSR count). The monoisotopic (exact) mass is 211 g/mol. The summed E-state index contributed by atoms with van der Waals surface area (Å²) in [7, 11) is 0. The Kier molecular flexibility index (Phi) is 6.09. The molecule has 4 heteroatoms. The van der Waals surface area contributed by atoms with Crippen LogP contribution in [0, 0.1) is 6.92 Å². The lowest BCUT2D eigenvalue weighted by Gasteiger charge is -2.11. The molecule has 4 nitrogen and oxygen atoms in total. The van der Waals surface area contributed by atoms with Gasteiger partial charge in [0.05, 0.1) is 6.61 Å². The van der Waals surface area contributed by atoms with Crippen LogP contribution < -0.4 is 0 Å². The van der Waals surface area contributed by atoms with Crippen molar-refractivity contribution in [2.45, 2.75) is 19.4 Å². The van der Waals surface area contributed by atoms with Gasteiger partial charge in [-0.15, -0.1) is 0 Å². The Morgan fingerprint density at radius 3 is 2.53 bits per heavy atom. The van der Waals surface area contributed by atoms with Gasteiger partial charge in [0.2, 0.25) is 0 Å². The van der Waals surface area contributed by atoms with Crippen molar-refractivity contribution in [3.63, 3.8) is 0 Å². The fourth-order valence-electron chi connectivity index (χ4n) is 0.678. The maximum absolute atomic E-state index is 10.9. The van der Waals surface area contributed by atoms with E-state index in [0.29, 0.717) is 12.0 Å². The van der Waals surface area contributed by atoms with E-state index >= 15 is 0 Å². The second-order valence-electron chi connectivity index (χ2n) is 2.97. The first-order valence-electron chi connectivity index (χ1n) is 4.46. The zero-order valence-electron chi connectivity index (χ0n) is 8.82. The summed E-state index contributed by atoms with van der Waals surface area (Å²) in [4.78, 5) is 21.7. The minimum absolute atomic E-state index is 0.143. The van der Waals surface area contributed by atoms with Crippen LogP contribution in [-0.4, -0.2) is 24.6 Å². The van der Waals surface area contributed by atoms with Crippen LogP contribution in [-0.2, 0) is 19.1 Å². The lowest BCUT2D eigenvalue weighted by molar-refractivity contribution is -0.143. The molecular weight excluding hydrogens is 196 g/mol. The molecule has 0 aromatic rings. The number of esters is 2. The zero-order chi connectivity index (χ0) is 11.8. The van der Waals surface area contributed by atoms with Gasteiger partial charge in [0.15, 0.2) is 0 Å². The molecule has 0 bridgehead atoms. The Balaban J connectivity index is 3.68. The van der Waals surface area contributed by atoms with Crippen molar-refractivity contribution in [2.75, 3.05) is 6.61 Å². The van der Waals surface area contributed by atoms with Crippen molar-refractivity contribution >= 4 is 11.9 Å². The van der Waals surface area contributed by atoms with Crippen LogP contribution in [0.1, 0.15) is 13.3 Å². The molecule has 0 aliphatic carbocycles. The molecule has 0 aromatic heterocycles. The summed E-state index contributed by atoms with van der Waals surface area (Å²) in [6.07, 6.45) is 0.852. The Bertz CT molecular complexity index is 268. The molecule has 0 N–H and O–H groups in total. The molecule has 1 unspecified atom stereocenters. The topological polar surface area (TPSA) is 52.6 Å². The lowest BCUT2D eigenvalue weighted by atomic mass is 10.3. The smallest absolute Gasteiger partial charge is 0.333 e. The fourth-order valence-corrected chi connectivity index (χ4v) is 0.678. The van der Waals surface area contributed by atoms with Gasteiger partial charge in [-0.25, -0.2) is 9.59 Å². The van der Waals surface area contributed by atoms with Crippen molar-refractivity contribution in [3.05, 3.63) is 31.7 Å². The highest BCUT2D eigenvalue weighted by Gasteiger charge is 2.08. The van der Waals surface area contributed by atoms with E-state index in [2.05, 4.69) is 20.1 Å². The summed E-state index contributed by atoms with van der Waals surface area (Å²) >= 11 is 0. The molecule has 1 atom stereocenters. The molecule has 0 spiro atoms. The van der Waals surface area contributed by atoms with E-state index in [-0.39, 0.29) is 6.61 Å². The maximum atomic E-state index is 10.9. The van der Waals surface area contributed by atoms with E-state index in [1.54, 1.807) is 6.92 Å². The summed E-state index contributed by atoms with van der Waals surface area (Å²) in [6.45, 7) is 11.9. The van der Waals surface area contributed by atoms with E-state index in [4.69, 9.17) is 9.47 Å². The molecule has 83 valence electrons. The van der Waals surface area contributed by atoms with Crippen molar-refractivity contribution in [2.24, 2.45) is 0 Å². The SMILES string of the molecule is [CH2]C(CCOC(=O)C(=C)C)OC(=O)C=C. The van der Waals surface area contributed by atoms with Crippen LogP contribution in [0.15, 0.2) is 24.8 Å². The average Bonchev–Trinajstić information content (AvgIpc) is 2.17. The Morgan fingerprint density at radius 1 is 1.47 bits per heavy atom. The minimum Gasteiger partial charge on any atom is -0.462 e. The van der Waals surface area contributed by atoms with Gasteiger partial charge >= 0.3 is 11.9 Å². The summed E-state index contributed by atoms with van der Waals surface area (Å²) < 4.78 is 9.55. The van der Waals surface area contributed by atoms with Crippen LogP contribution in [0.25, 0.3) is 0 Å². The quantitative estimate of drug-likeness (QED) is 0.492. The molecule has 0 amide bonds. The van der Waals surface area contributed by atoms with Crippen LogP contribution in [0.2, 0.25) is 0 Å². The second-order valence-corrected chi connectivity index (χ2v) is 2.97. The van der Waals surface area contributed by atoms with Gasteiger partial charge in [0.1, 0.15) is 6.10 Å². The molecule has 1 radical (unpaired) electrons. The number of rotatable bonds is 6. The van der Waals surface area contributed by atoms with Crippen molar-refractivity contribution in [3.8, 4) is 0 Å². The Hall–Kier alpha value is -1.58. The number of ether oxygens (including phenoxy) is 2. The van der Waals surface area contributed by atoms with Crippen molar-refractivity contribution in [1.29, 1.82) is 0 Å². The first kappa shape index (κ1) is 13.4. The average molecular weight is 211 g/mol. The predicted molar refractivity (Wildman–Crippen MR) is 55.8 cm³/mol. The summed E-state index contributed by atoms with van der Waals surface area (Å²) in [5.41, 5.74) is 0.332. The van der Waals surface area contributed by atoms with Gasteiger partial charge in [-0.05, 0) is 13.8 Å². The molecule has 0 aromatic carbocycles. The molecule has 15 heavy (non-hydrogen) atoms. The summed E-state index contributed by atoms with van der Waals surface area (Å²) in [6, 6.07) is 0. The molecule has 0 heterocycles. The largest absolute Gasteiger partial charge is 0.462 e. The molecule has 0 aliphatic rings. The second kappa shape index (κ2) is 6.81. The molecule has 0 aliphatic heterocycles. The van der Waals surface area contributed by atoms with Gasteiger partial charge < -0.3 is 9.47 Å². The fraction of sp³-hybridized carbons (Fsp3) is 0.364. The standard InChI is InChI=1S/C11H15O4/c1-5-10(12)15-9(4)6-7-14-11(13)8(2)3/h5,9H,1-2,4,6-7H2,3H3. The zero-order valence-corrected chi connectivity index (χ0v) is 8.82. The van der Waals surface area contributed by atoms with Crippen molar-refractivity contribution in [1.82, 2.24) is 0 Å². The van der Waals surface area contributed by atoms with Gasteiger partial charge in [-0.2, -0.15) is 0 Å². The third-order valence-corrected chi connectivity index (χ3v) is 1.47. The van der Waals surface area contributed by atoms with Crippen LogP contribution in [0.5, 0.6) is 0 Å². The number of carbonyl (C=O) groups is 2. The third-order valence-electron chi connectivity index (χ3n) is 1.47. The number of carbonyl (C=O) groups excluding carboxylic acids is 2. The molecular formula is C11H15O4. The third kappa shape index (κ3) is 6.49. The summed E-state index contributed by atoms with van der Waals surface area (Å²) in [5.74, 6) is -1.00.